The lowest BCUT2D eigenvalue weighted by Gasteiger charge is -2.02. The second-order valence-corrected chi connectivity index (χ2v) is 4.06. The fourth-order valence-electron chi connectivity index (χ4n) is 1.79. The second-order valence-electron chi connectivity index (χ2n) is 4.06. The van der Waals surface area contributed by atoms with Gasteiger partial charge in [-0.15, -0.1) is 0 Å². The highest BCUT2D eigenvalue weighted by molar-refractivity contribution is 5.98. The third-order valence-electron chi connectivity index (χ3n) is 2.73. The number of nitrogen functional groups attached to an aromatic ring is 1. The molecule has 0 spiro atoms. The molecule has 0 unspecified atom stereocenters. The van der Waals surface area contributed by atoms with E-state index in [1.165, 1.54) is 0 Å². The standard InChI is InChI=1S/C12H13N5O2/c13-10-9(12(15)19)8(16-17-10)5-6-1-3-7(4-2-6)11(14)18/h1-4H,5H2,(H2,14,18)(H2,15,19)(H3,13,16,17). The number of amides is 2. The molecule has 0 atom stereocenters. The SMILES string of the molecule is NC(=O)c1ccc(Cc2[nH]nc(N)c2C(N)=O)cc1. The summed E-state index contributed by atoms with van der Waals surface area (Å²) in [5, 5.41) is 6.43. The van der Waals surface area contributed by atoms with Crippen molar-refractivity contribution in [2.24, 2.45) is 11.5 Å². The first-order chi connectivity index (χ1) is 8.99. The molecule has 7 heteroatoms. The van der Waals surface area contributed by atoms with Crippen LogP contribution in [0.3, 0.4) is 0 Å². The third-order valence-corrected chi connectivity index (χ3v) is 2.73. The van der Waals surface area contributed by atoms with E-state index in [0.717, 1.165) is 5.56 Å². The highest BCUT2D eigenvalue weighted by atomic mass is 16.1. The van der Waals surface area contributed by atoms with Crippen LogP contribution >= 0.6 is 0 Å². The Bertz CT molecular complexity index is 630. The highest BCUT2D eigenvalue weighted by Gasteiger charge is 2.16. The number of hydrogen-bond donors (Lipinski definition) is 4. The fourth-order valence-corrected chi connectivity index (χ4v) is 1.79. The molecule has 2 aromatic rings. The zero-order valence-corrected chi connectivity index (χ0v) is 10.0. The van der Waals surface area contributed by atoms with E-state index >= 15 is 0 Å². The van der Waals surface area contributed by atoms with Gasteiger partial charge in [-0.2, -0.15) is 5.10 Å². The number of carbonyl (C=O) groups excluding carboxylic acids is 2. The van der Waals surface area contributed by atoms with Crippen molar-refractivity contribution in [3.63, 3.8) is 0 Å². The number of rotatable bonds is 4. The summed E-state index contributed by atoms with van der Waals surface area (Å²) < 4.78 is 0. The minimum absolute atomic E-state index is 0.0799. The van der Waals surface area contributed by atoms with E-state index in [-0.39, 0.29) is 11.4 Å². The first-order valence-corrected chi connectivity index (χ1v) is 5.50. The summed E-state index contributed by atoms with van der Waals surface area (Å²) in [6, 6.07) is 6.70. The normalized spacial score (nSPS) is 10.3. The van der Waals surface area contributed by atoms with Gasteiger partial charge in [0.25, 0.3) is 5.91 Å². The Morgan fingerprint density at radius 1 is 1.11 bits per heavy atom. The van der Waals surface area contributed by atoms with Crippen molar-refractivity contribution in [3.8, 4) is 0 Å². The largest absolute Gasteiger partial charge is 0.382 e. The predicted octanol–water partition coefficient (Wildman–Crippen LogP) is -0.219. The molecule has 0 radical (unpaired) electrons. The molecule has 2 rings (SSSR count). The Labute approximate surface area is 108 Å². The van der Waals surface area contributed by atoms with E-state index in [4.69, 9.17) is 17.2 Å². The molecule has 7 nitrogen and oxygen atoms in total. The van der Waals surface area contributed by atoms with Crippen molar-refractivity contribution in [1.82, 2.24) is 10.2 Å². The van der Waals surface area contributed by atoms with Crippen LogP contribution < -0.4 is 17.2 Å². The number of nitrogens with one attached hydrogen (secondary N) is 1. The summed E-state index contributed by atoms with van der Waals surface area (Å²) in [5.74, 6) is -1.04. The van der Waals surface area contributed by atoms with Gasteiger partial charge >= 0.3 is 0 Å². The lowest BCUT2D eigenvalue weighted by Crippen LogP contribution is -2.14. The number of anilines is 1. The van der Waals surface area contributed by atoms with Crippen LogP contribution in [0.2, 0.25) is 0 Å². The van der Waals surface area contributed by atoms with E-state index in [2.05, 4.69) is 10.2 Å². The number of H-pyrrole nitrogens is 1. The molecule has 1 aromatic heterocycles. The molecule has 2 amide bonds. The van der Waals surface area contributed by atoms with Crippen LogP contribution in [0.5, 0.6) is 0 Å². The second kappa shape index (κ2) is 4.81. The van der Waals surface area contributed by atoms with Gasteiger partial charge in [0.1, 0.15) is 5.56 Å². The number of carbonyl (C=O) groups is 2. The Morgan fingerprint density at radius 2 is 1.74 bits per heavy atom. The van der Waals surface area contributed by atoms with E-state index in [1.807, 2.05) is 0 Å². The van der Waals surface area contributed by atoms with Gasteiger partial charge in [0.2, 0.25) is 5.91 Å². The molecule has 1 aromatic carbocycles. The molecule has 0 saturated heterocycles. The Balaban J connectivity index is 2.26. The Hall–Kier alpha value is -2.83. The molecule has 0 aliphatic carbocycles. The Morgan fingerprint density at radius 3 is 2.26 bits per heavy atom. The number of hydrogen-bond acceptors (Lipinski definition) is 4. The topological polar surface area (TPSA) is 141 Å². The smallest absolute Gasteiger partial charge is 0.254 e. The fraction of sp³-hybridized carbons (Fsp3) is 0.0833. The molecule has 0 aliphatic rings. The minimum Gasteiger partial charge on any atom is -0.382 e. The lowest BCUT2D eigenvalue weighted by molar-refractivity contribution is 0.0992. The molecular formula is C12H13N5O2. The molecule has 0 fully saturated rings. The number of aromatic nitrogens is 2. The summed E-state index contributed by atoms with van der Waals surface area (Å²) in [6.07, 6.45) is 0.404. The van der Waals surface area contributed by atoms with E-state index in [9.17, 15) is 9.59 Å². The van der Waals surface area contributed by atoms with Crippen molar-refractivity contribution in [2.45, 2.75) is 6.42 Å². The average molecular weight is 259 g/mol. The summed E-state index contributed by atoms with van der Waals surface area (Å²) in [5.41, 5.74) is 18.0. The number of primary amides is 2. The number of nitrogens with two attached hydrogens (primary N) is 3. The molecular weight excluding hydrogens is 246 g/mol. The van der Waals surface area contributed by atoms with Crippen LogP contribution in [0.4, 0.5) is 5.82 Å². The van der Waals surface area contributed by atoms with Crippen LogP contribution in [-0.2, 0) is 6.42 Å². The third kappa shape index (κ3) is 2.54. The first-order valence-electron chi connectivity index (χ1n) is 5.50. The van der Waals surface area contributed by atoms with Gasteiger partial charge in [-0.05, 0) is 17.7 Å². The van der Waals surface area contributed by atoms with Gasteiger partial charge in [-0.1, -0.05) is 12.1 Å². The first kappa shape index (κ1) is 12.6. The van der Waals surface area contributed by atoms with Gasteiger partial charge in [-0.3, -0.25) is 14.7 Å². The van der Waals surface area contributed by atoms with Gasteiger partial charge in [0.15, 0.2) is 5.82 Å². The summed E-state index contributed by atoms with van der Waals surface area (Å²) >= 11 is 0. The molecule has 1 heterocycles. The molecule has 7 N–H and O–H groups in total. The van der Waals surface area contributed by atoms with Gasteiger partial charge in [0, 0.05) is 12.0 Å². The Kier molecular flexibility index (Phi) is 3.19. The summed E-state index contributed by atoms with van der Waals surface area (Å²) in [4.78, 5) is 22.2. The molecule has 0 saturated carbocycles. The monoisotopic (exact) mass is 259 g/mol. The van der Waals surface area contributed by atoms with Crippen LogP contribution in [0.25, 0.3) is 0 Å². The number of nitrogens with zero attached hydrogens (tertiary/aromatic N) is 1. The van der Waals surface area contributed by atoms with Crippen LogP contribution in [0.1, 0.15) is 32.0 Å². The number of benzene rings is 1. The van der Waals surface area contributed by atoms with E-state index in [0.29, 0.717) is 17.7 Å². The summed E-state index contributed by atoms with van der Waals surface area (Å²) in [6.45, 7) is 0. The minimum atomic E-state index is -0.630. The maximum absolute atomic E-state index is 11.3. The number of aromatic amines is 1. The molecule has 0 bridgehead atoms. The zero-order valence-electron chi connectivity index (χ0n) is 10.0. The van der Waals surface area contributed by atoms with Crippen LogP contribution in [0, 0.1) is 0 Å². The molecule has 98 valence electrons. The maximum atomic E-state index is 11.3. The summed E-state index contributed by atoms with van der Waals surface area (Å²) in [7, 11) is 0. The van der Waals surface area contributed by atoms with Gasteiger partial charge < -0.3 is 17.2 Å². The van der Waals surface area contributed by atoms with Crippen molar-refractivity contribution in [1.29, 1.82) is 0 Å². The predicted molar refractivity (Wildman–Crippen MR) is 69.3 cm³/mol. The molecule has 19 heavy (non-hydrogen) atoms. The van der Waals surface area contributed by atoms with Crippen molar-refractivity contribution < 1.29 is 9.59 Å². The van der Waals surface area contributed by atoms with Gasteiger partial charge in [0.05, 0.1) is 5.69 Å². The quantitative estimate of drug-likeness (QED) is 0.602. The van der Waals surface area contributed by atoms with Crippen molar-refractivity contribution >= 4 is 17.6 Å². The highest BCUT2D eigenvalue weighted by Crippen LogP contribution is 2.17. The van der Waals surface area contributed by atoms with Gasteiger partial charge in [-0.25, -0.2) is 0 Å². The van der Waals surface area contributed by atoms with Crippen LogP contribution in [0.15, 0.2) is 24.3 Å². The van der Waals surface area contributed by atoms with E-state index < -0.39 is 11.8 Å². The maximum Gasteiger partial charge on any atom is 0.254 e. The molecule has 0 aliphatic heterocycles. The lowest BCUT2D eigenvalue weighted by atomic mass is 10.0. The zero-order chi connectivity index (χ0) is 14.0. The van der Waals surface area contributed by atoms with Crippen LogP contribution in [-0.4, -0.2) is 22.0 Å². The van der Waals surface area contributed by atoms with Crippen molar-refractivity contribution in [2.75, 3.05) is 5.73 Å². The van der Waals surface area contributed by atoms with E-state index in [1.54, 1.807) is 24.3 Å². The average Bonchev–Trinajstić information content (AvgIpc) is 2.71. The van der Waals surface area contributed by atoms with Crippen molar-refractivity contribution in [3.05, 3.63) is 46.6 Å².